The minimum Gasteiger partial charge on any atom is -0.289 e. The van der Waals surface area contributed by atoms with Gasteiger partial charge in [0.2, 0.25) is 5.78 Å². The Labute approximate surface area is 35.0 Å². The Morgan fingerprint density at radius 3 is 2.83 bits per heavy atom. The standard InChI is InChI=1S/C3HN2O/c6-3-1-4-5-2-3/h4H. The maximum Gasteiger partial charge on any atom is 0.218 e. The van der Waals surface area contributed by atoms with Gasteiger partial charge < -0.3 is 0 Å². The monoisotopic (exact) mass is 81.0 g/mol. The van der Waals surface area contributed by atoms with Gasteiger partial charge in [-0.2, -0.15) is 5.10 Å². The lowest BCUT2D eigenvalue weighted by Crippen LogP contribution is -1.98. The lowest BCUT2D eigenvalue weighted by Gasteiger charge is -1.72. The van der Waals surface area contributed by atoms with Gasteiger partial charge in [0.15, 0.2) is 12.8 Å². The molecule has 0 aromatic heterocycles. The van der Waals surface area contributed by atoms with Gasteiger partial charge in [0, 0.05) is 0 Å². The Morgan fingerprint density at radius 1 is 1.83 bits per heavy atom. The number of hydrogen-bond donors (Lipinski definition) is 1. The molecule has 0 saturated carbocycles. The van der Waals surface area contributed by atoms with E-state index in [1.165, 1.54) is 0 Å². The van der Waals surface area contributed by atoms with Gasteiger partial charge in [-0.15, -0.1) is 0 Å². The van der Waals surface area contributed by atoms with Crippen molar-refractivity contribution in [3.63, 3.8) is 0 Å². The molecule has 3 radical (unpaired) electrons. The zero-order chi connectivity index (χ0) is 4.41. The Balaban J connectivity index is 2.59. The molecule has 29 valence electrons. The lowest BCUT2D eigenvalue weighted by molar-refractivity contribution is -0.109. The molecule has 0 fully saturated rings. The molecule has 3 nitrogen and oxygen atoms in total. The van der Waals surface area contributed by atoms with E-state index in [9.17, 15) is 4.79 Å². The molecule has 3 heteroatoms. The van der Waals surface area contributed by atoms with Crippen LogP contribution in [0, 0.1) is 6.54 Å². The van der Waals surface area contributed by atoms with Crippen molar-refractivity contribution >= 4 is 12.0 Å². The summed E-state index contributed by atoms with van der Waals surface area (Å²) >= 11 is 0. The van der Waals surface area contributed by atoms with Crippen molar-refractivity contribution in [3.05, 3.63) is 6.54 Å². The van der Waals surface area contributed by atoms with Crippen LogP contribution < -0.4 is 5.43 Å². The lowest BCUT2D eigenvalue weighted by atomic mass is 10.5. The Morgan fingerprint density at radius 2 is 2.67 bits per heavy atom. The van der Waals surface area contributed by atoms with Crippen molar-refractivity contribution in [1.82, 2.24) is 5.43 Å². The van der Waals surface area contributed by atoms with Gasteiger partial charge in [-0.25, -0.2) is 0 Å². The smallest absolute Gasteiger partial charge is 0.218 e. The minimum atomic E-state index is -0.324. The molecule has 0 aromatic carbocycles. The first-order valence-corrected chi connectivity index (χ1v) is 1.40. The molecule has 0 spiro atoms. The van der Waals surface area contributed by atoms with Crippen molar-refractivity contribution in [3.8, 4) is 0 Å². The molecule has 0 aromatic rings. The number of nitrogens with one attached hydrogen (secondary N) is 1. The minimum absolute atomic E-state index is 0.324. The summed E-state index contributed by atoms with van der Waals surface area (Å²) in [5, 5.41) is 3.20. The van der Waals surface area contributed by atoms with Gasteiger partial charge in [-0.3, -0.25) is 10.2 Å². The molecule has 1 heterocycles. The SMILES string of the molecule is O=C1[C]NN=[C]1. The molecule has 0 aliphatic carbocycles. The first-order chi connectivity index (χ1) is 2.89. The van der Waals surface area contributed by atoms with Crippen LogP contribution in [0.15, 0.2) is 5.10 Å². The van der Waals surface area contributed by atoms with Crippen molar-refractivity contribution in [2.24, 2.45) is 5.10 Å². The maximum absolute atomic E-state index is 9.86. The van der Waals surface area contributed by atoms with Crippen molar-refractivity contribution in [2.75, 3.05) is 0 Å². The van der Waals surface area contributed by atoms with Crippen LogP contribution in [0.4, 0.5) is 0 Å². The van der Waals surface area contributed by atoms with E-state index in [1.54, 1.807) is 0 Å². The van der Waals surface area contributed by atoms with Crippen LogP contribution in [0.25, 0.3) is 0 Å². The highest BCUT2D eigenvalue weighted by molar-refractivity contribution is 6.32. The number of carbonyl (C=O) groups excluding carboxylic acids is 1. The van der Waals surface area contributed by atoms with Crippen molar-refractivity contribution in [2.45, 2.75) is 0 Å². The van der Waals surface area contributed by atoms with Crippen LogP contribution in [-0.2, 0) is 4.79 Å². The summed E-state index contributed by atoms with van der Waals surface area (Å²) in [7, 11) is 0. The largest absolute Gasteiger partial charge is 0.289 e. The van der Waals surface area contributed by atoms with E-state index < -0.39 is 0 Å². The van der Waals surface area contributed by atoms with Gasteiger partial charge in [-0.05, 0) is 0 Å². The van der Waals surface area contributed by atoms with E-state index in [0.29, 0.717) is 0 Å². The molecular formula is C3HN2O. The number of hydrazone groups is 1. The van der Waals surface area contributed by atoms with Gasteiger partial charge in [0.25, 0.3) is 0 Å². The molecule has 0 unspecified atom stereocenters. The van der Waals surface area contributed by atoms with Crippen LogP contribution in [-0.4, -0.2) is 12.0 Å². The fourth-order valence-corrected chi connectivity index (χ4v) is 0.185. The van der Waals surface area contributed by atoms with Crippen LogP contribution in [0.5, 0.6) is 0 Å². The molecule has 0 atom stereocenters. The fraction of sp³-hybridized carbons (Fsp3) is 0. The second kappa shape index (κ2) is 1.08. The molecule has 1 aliphatic heterocycles. The Bertz CT molecular complexity index is 97.0. The summed E-state index contributed by atoms with van der Waals surface area (Å²) in [5.41, 5.74) is 2.19. The van der Waals surface area contributed by atoms with E-state index in [4.69, 9.17) is 0 Å². The number of carbonyl (C=O) groups is 1. The van der Waals surface area contributed by atoms with Crippen molar-refractivity contribution in [1.29, 1.82) is 0 Å². The van der Waals surface area contributed by atoms with Gasteiger partial charge in [0.05, 0.1) is 0 Å². The van der Waals surface area contributed by atoms with E-state index >= 15 is 0 Å². The van der Waals surface area contributed by atoms with E-state index in [0.717, 1.165) is 0 Å². The highest BCUT2D eigenvalue weighted by Crippen LogP contribution is 1.78. The average Bonchev–Trinajstić information content (AvgIpc) is 1.86. The maximum atomic E-state index is 9.86. The molecule has 1 N–H and O–H groups in total. The average molecular weight is 81.1 g/mol. The van der Waals surface area contributed by atoms with E-state index in [1.807, 2.05) is 0 Å². The number of rotatable bonds is 0. The number of Topliss-reactive ketones (excluding diaryl/α,β-unsaturated/α-hetero) is 1. The molecule has 0 bridgehead atoms. The quantitative estimate of drug-likeness (QED) is 0.409. The summed E-state index contributed by atoms with van der Waals surface area (Å²) in [6.45, 7) is 2.15. The predicted molar refractivity (Wildman–Crippen MR) is 18.8 cm³/mol. The first-order valence-electron chi connectivity index (χ1n) is 1.40. The normalized spacial score (nSPS) is 18.3. The Kier molecular flexibility index (Phi) is 0.602. The number of ketones is 1. The highest BCUT2D eigenvalue weighted by Gasteiger charge is 2.03. The molecular weight excluding hydrogens is 80.0 g/mol. The third kappa shape index (κ3) is 0.381. The van der Waals surface area contributed by atoms with Crippen LogP contribution in [0.2, 0.25) is 0 Å². The summed E-state index contributed by atoms with van der Waals surface area (Å²) in [5.74, 6) is -0.324. The van der Waals surface area contributed by atoms with Gasteiger partial charge >= 0.3 is 0 Å². The third-order valence-corrected chi connectivity index (χ3v) is 0.383. The number of nitrogens with zero attached hydrogens (tertiary/aromatic N) is 1. The first kappa shape index (κ1) is 3.33. The van der Waals surface area contributed by atoms with Crippen LogP contribution >= 0.6 is 0 Å². The molecule has 1 rings (SSSR count). The van der Waals surface area contributed by atoms with Crippen LogP contribution in [0.1, 0.15) is 0 Å². The topological polar surface area (TPSA) is 41.5 Å². The summed E-state index contributed by atoms with van der Waals surface area (Å²) < 4.78 is 0. The third-order valence-electron chi connectivity index (χ3n) is 0.383. The fourth-order valence-electron chi connectivity index (χ4n) is 0.185. The Hall–Kier alpha value is -0.860. The second-order valence-corrected chi connectivity index (χ2v) is 0.790. The zero-order valence-corrected chi connectivity index (χ0v) is 2.86. The van der Waals surface area contributed by atoms with Gasteiger partial charge in [-0.1, -0.05) is 0 Å². The van der Waals surface area contributed by atoms with E-state index in [-0.39, 0.29) is 5.78 Å². The summed E-state index contributed by atoms with van der Waals surface area (Å²) in [6.07, 6.45) is 2.08. The molecule has 0 saturated heterocycles. The zero-order valence-electron chi connectivity index (χ0n) is 2.86. The van der Waals surface area contributed by atoms with E-state index in [2.05, 4.69) is 23.3 Å². The van der Waals surface area contributed by atoms with Crippen LogP contribution in [0.3, 0.4) is 0 Å². The summed E-state index contributed by atoms with van der Waals surface area (Å²) in [4.78, 5) is 9.86. The molecule has 6 heavy (non-hydrogen) atoms. The molecule has 0 amide bonds. The number of hydrogen-bond acceptors (Lipinski definition) is 3. The summed E-state index contributed by atoms with van der Waals surface area (Å²) in [6, 6.07) is 0. The predicted octanol–water partition coefficient (Wildman–Crippen LogP) is -0.940. The highest BCUT2D eigenvalue weighted by atomic mass is 16.1. The van der Waals surface area contributed by atoms with Gasteiger partial charge in [0.1, 0.15) is 0 Å². The van der Waals surface area contributed by atoms with Crippen molar-refractivity contribution < 1.29 is 4.79 Å². The molecule has 1 aliphatic rings. The second-order valence-electron chi connectivity index (χ2n) is 0.790.